The highest BCUT2D eigenvalue weighted by atomic mass is 16.5. The average Bonchev–Trinajstić information content (AvgIpc) is 2.48. The van der Waals surface area contributed by atoms with Crippen molar-refractivity contribution in [3.05, 3.63) is 35.9 Å². The lowest BCUT2D eigenvalue weighted by atomic mass is 9.89. The van der Waals surface area contributed by atoms with E-state index in [0.717, 1.165) is 6.42 Å². The Balaban J connectivity index is 2.17. The Morgan fingerprint density at radius 3 is 2.40 bits per heavy atom. The summed E-state index contributed by atoms with van der Waals surface area (Å²) in [5, 5.41) is 0. The maximum Gasteiger partial charge on any atom is 0.243 e. The molecule has 0 aliphatic carbocycles. The summed E-state index contributed by atoms with van der Waals surface area (Å²) in [5.41, 5.74) is 0.670. The number of hydrogen-bond donors (Lipinski definition) is 0. The zero-order valence-corrected chi connectivity index (χ0v) is 12.6. The Labute approximate surface area is 121 Å². The molecule has 1 fully saturated rings. The summed E-state index contributed by atoms with van der Waals surface area (Å²) in [7, 11) is 3.95. The molecule has 0 radical (unpaired) electrons. The van der Waals surface area contributed by atoms with E-state index in [4.69, 9.17) is 4.74 Å². The van der Waals surface area contributed by atoms with E-state index >= 15 is 0 Å². The van der Waals surface area contributed by atoms with E-state index in [1.807, 2.05) is 49.0 Å². The van der Waals surface area contributed by atoms with Crippen LogP contribution in [-0.4, -0.2) is 61.6 Å². The van der Waals surface area contributed by atoms with Crippen molar-refractivity contribution in [2.75, 3.05) is 40.4 Å². The molecule has 1 saturated heterocycles. The van der Waals surface area contributed by atoms with Crippen molar-refractivity contribution in [1.82, 2.24) is 9.80 Å². The molecule has 0 bridgehead atoms. The number of carbonyl (C=O) groups excluding carboxylic acids is 1. The van der Waals surface area contributed by atoms with Crippen molar-refractivity contribution in [2.24, 2.45) is 0 Å². The molecule has 1 unspecified atom stereocenters. The van der Waals surface area contributed by atoms with E-state index in [2.05, 4.69) is 12.1 Å². The van der Waals surface area contributed by atoms with Crippen LogP contribution in [0.1, 0.15) is 12.5 Å². The molecular formula is C16H24N2O2. The van der Waals surface area contributed by atoms with E-state index in [1.165, 1.54) is 5.56 Å². The first-order chi connectivity index (χ1) is 9.54. The fourth-order valence-corrected chi connectivity index (χ4v) is 2.53. The summed E-state index contributed by atoms with van der Waals surface area (Å²) in [6.07, 6.45) is 0.719. The predicted octanol–water partition coefficient (Wildman–Crippen LogP) is 1.41. The molecule has 1 atom stereocenters. The van der Waals surface area contributed by atoms with Crippen LogP contribution in [-0.2, 0) is 16.0 Å². The van der Waals surface area contributed by atoms with Crippen LogP contribution in [0.4, 0.5) is 0 Å². The predicted molar refractivity (Wildman–Crippen MR) is 79.6 cm³/mol. The number of benzene rings is 1. The molecule has 2 rings (SSSR count). The van der Waals surface area contributed by atoms with Gasteiger partial charge in [-0.3, -0.25) is 9.69 Å². The first kappa shape index (κ1) is 15.0. The molecule has 0 spiro atoms. The Morgan fingerprint density at radius 2 is 1.85 bits per heavy atom. The van der Waals surface area contributed by atoms with Crippen LogP contribution < -0.4 is 0 Å². The second kappa shape index (κ2) is 6.37. The Morgan fingerprint density at radius 1 is 1.25 bits per heavy atom. The first-order valence-corrected chi connectivity index (χ1v) is 7.12. The molecule has 20 heavy (non-hydrogen) atoms. The number of ether oxygens (including phenoxy) is 1. The van der Waals surface area contributed by atoms with Crippen molar-refractivity contribution in [3.63, 3.8) is 0 Å². The number of nitrogens with zero attached hydrogens (tertiary/aromatic N) is 2. The van der Waals surface area contributed by atoms with Crippen molar-refractivity contribution < 1.29 is 9.53 Å². The summed E-state index contributed by atoms with van der Waals surface area (Å²) in [4.78, 5) is 16.8. The van der Waals surface area contributed by atoms with Gasteiger partial charge in [0.05, 0.1) is 13.2 Å². The summed E-state index contributed by atoms with van der Waals surface area (Å²) >= 11 is 0. The van der Waals surface area contributed by atoms with Gasteiger partial charge < -0.3 is 9.64 Å². The molecule has 1 aromatic rings. The summed E-state index contributed by atoms with van der Waals surface area (Å²) in [6, 6.07) is 10.2. The van der Waals surface area contributed by atoms with Crippen LogP contribution in [0.15, 0.2) is 30.3 Å². The number of likely N-dealkylation sites (N-methyl/N-ethyl adjacent to an activating group) is 1. The minimum Gasteiger partial charge on any atom is -0.378 e. The molecule has 4 nitrogen and oxygen atoms in total. The van der Waals surface area contributed by atoms with Crippen molar-refractivity contribution in [3.8, 4) is 0 Å². The van der Waals surface area contributed by atoms with E-state index in [-0.39, 0.29) is 5.91 Å². The number of amides is 1. The zero-order valence-electron chi connectivity index (χ0n) is 12.6. The number of hydrogen-bond acceptors (Lipinski definition) is 3. The van der Waals surface area contributed by atoms with Crippen LogP contribution in [0.3, 0.4) is 0 Å². The van der Waals surface area contributed by atoms with Crippen molar-refractivity contribution >= 4 is 5.91 Å². The van der Waals surface area contributed by atoms with Gasteiger partial charge in [-0.25, -0.2) is 0 Å². The van der Waals surface area contributed by atoms with Crippen molar-refractivity contribution in [2.45, 2.75) is 18.9 Å². The minimum absolute atomic E-state index is 0.189. The Bertz CT molecular complexity index is 441. The molecule has 4 heteroatoms. The summed E-state index contributed by atoms with van der Waals surface area (Å²) in [5.74, 6) is 0.189. The lowest BCUT2D eigenvalue weighted by Crippen LogP contribution is -2.58. The van der Waals surface area contributed by atoms with Gasteiger partial charge in [-0.15, -0.1) is 0 Å². The van der Waals surface area contributed by atoms with Crippen LogP contribution >= 0.6 is 0 Å². The smallest absolute Gasteiger partial charge is 0.243 e. The first-order valence-electron chi connectivity index (χ1n) is 7.12. The maximum atomic E-state index is 12.9. The number of rotatable bonds is 4. The van der Waals surface area contributed by atoms with Gasteiger partial charge in [-0.05, 0) is 33.0 Å². The zero-order chi connectivity index (χ0) is 14.6. The van der Waals surface area contributed by atoms with Gasteiger partial charge in [-0.1, -0.05) is 30.3 Å². The third-order valence-corrected chi connectivity index (χ3v) is 4.14. The highest BCUT2D eigenvalue weighted by Crippen LogP contribution is 2.22. The molecule has 110 valence electrons. The SMILES string of the molecule is CN(C)C(C)(Cc1ccccc1)C(=O)N1CCOCC1. The lowest BCUT2D eigenvalue weighted by molar-refractivity contribution is -0.146. The van der Waals surface area contributed by atoms with Gasteiger partial charge >= 0.3 is 0 Å². The van der Waals surface area contributed by atoms with Crippen LogP contribution in [0.5, 0.6) is 0 Å². The molecule has 1 heterocycles. The molecule has 0 saturated carbocycles. The van der Waals surface area contributed by atoms with E-state index in [0.29, 0.717) is 26.3 Å². The fraction of sp³-hybridized carbons (Fsp3) is 0.562. The molecule has 1 aromatic carbocycles. The van der Waals surface area contributed by atoms with Gasteiger partial charge in [0.15, 0.2) is 0 Å². The summed E-state index contributed by atoms with van der Waals surface area (Å²) < 4.78 is 5.33. The fourth-order valence-electron chi connectivity index (χ4n) is 2.53. The van der Waals surface area contributed by atoms with Gasteiger partial charge in [0.1, 0.15) is 5.54 Å². The quantitative estimate of drug-likeness (QED) is 0.833. The van der Waals surface area contributed by atoms with Crippen LogP contribution in [0.2, 0.25) is 0 Å². The maximum absolute atomic E-state index is 12.9. The number of carbonyl (C=O) groups is 1. The highest BCUT2D eigenvalue weighted by Gasteiger charge is 2.39. The molecule has 0 aromatic heterocycles. The van der Waals surface area contributed by atoms with Gasteiger partial charge in [0, 0.05) is 13.1 Å². The summed E-state index contributed by atoms with van der Waals surface area (Å²) in [6.45, 7) is 4.69. The Hall–Kier alpha value is -1.39. The second-order valence-corrected chi connectivity index (χ2v) is 5.74. The molecule has 1 aliphatic rings. The van der Waals surface area contributed by atoms with Crippen LogP contribution in [0, 0.1) is 0 Å². The molecular weight excluding hydrogens is 252 g/mol. The van der Waals surface area contributed by atoms with E-state index < -0.39 is 5.54 Å². The topological polar surface area (TPSA) is 32.8 Å². The molecule has 0 N–H and O–H groups in total. The standard InChI is InChI=1S/C16H24N2O2/c1-16(17(2)3,13-14-7-5-4-6-8-14)15(19)18-9-11-20-12-10-18/h4-8H,9-13H2,1-3H3. The van der Waals surface area contributed by atoms with Crippen LogP contribution in [0.25, 0.3) is 0 Å². The monoisotopic (exact) mass is 276 g/mol. The van der Waals surface area contributed by atoms with Crippen molar-refractivity contribution in [1.29, 1.82) is 0 Å². The minimum atomic E-state index is -0.515. The lowest BCUT2D eigenvalue weighted by Gasteiger charge is -2.40. The van der Waals surface area contributed by atoms with Gasteiger partial charge in [-0.2, -0.15) is 0 Å². The normalized spacial score (nSPS) is 18.9. The van der Waals surface area contributed by atoms with Gasteiger partial charge in [0.25, 0.3) is 0 Å². The second-order valence-electron chi connectivity index (χ2n) is 5.74. The number of morpholine rings is 1. The Kier molecular flexibility index (Phi) is 4.78. The molecule has 1 aliphatic heterocycles. The average molecular weight is 276 g/mol. The van der Waals surface area contributed by atoms with E-state index in [1.54, 1.807) is 0 Å². The van der Waals surface area contributed by atoms with Gasteiger partial charge in [0.2, 0.25) is 5.91 Å². The third-order valence-electron chi connectivity index (χ3n) is 4.14. The highest BCUT2D eigenvalue weighted by molar-refractivity contribution is 5.86. The largest absolute Gasteiger partial charge is 0.378 e. The van der Waals surface area contributed by atoms with E-state index in [9.17, 15) is 4.79 Å². The molecule has 1 amide bonds. The third kappa shape index (κ3) is 3.19.